The third kappa shape index (κ3) is 2.87. The lowest BCUT2D eigenvalue weighted by Crippen LogP contribution is -2.05. The van der Waals surface area contributed by atoms with Crippen LogP contribution in [0.15, 0.2) is 18.2 Å². The van der Waals surface area contributed by atoms with Gasteiger partial charge in [-0.25, -0.2) is 0 Å². The third-order valence-electron chi connectivity index (χ3n) is 3.76. The Labute approximate surface area is 139 Å². The Bertz CT molecular complexity index is 751. The van der Waals surface area contributed by atoms with Crippen LogP contribution < -0.4 is 0 Å². The number of nitrogens with zero attached hydrogens (tertiary/aromatic N) is 4. The number of nitriles is 1. The van der Waals surface area contributed by atoms with E-state index in [1.165, 1.54) is 6.42 Å². The summed E-state index contributed by atoms with van der Waals surface area (Å²) in [6.45, 7) is 0.840. The van der Waals surface area contributed by atoms with Gasteiger partial charge in [0.15, 0.2) is 5.82 Å². The molecule has 0 N–H and O–H groups in total. The van der Waals surface area contributed by atoms with Crippen LogP contribution in [0.25, 0.3) is 11.6 Å². The number of hydrogen-bond donors (Lipinski definition) is 0. The van der Waals surface area contributed by atoms with E-state index in [0.717, 1.165) is 31.6 Å². The van der Waals surface area contributed by atoms with Crippen LogP contribution in [-0.4, -0.2) is 14.8 Å². The van der Waals surface area contributed by atoms with Crippen LogP contribution in [0.5, 0.6) is 0 Å². The lowest BCUT2D eigenvalue weighted by atomic mass is 10.1. The number of aryl methyl sites for hydroxylation is 1. The monoisotopic (exact) mass is 332 g/mol. The molecule has 3 rings (SSSR count). The van der Waals surface area contributed by atoms with Crippen LogP contribution in [0.3, 0.4) is 0 Å². The second-order valence-corrected chi connectivity index (χ2v) is 6.02. The highest BCUT2D eigenvalue weighted by Crippen LogP contribution is 2.29. The summed E-state index contributed by atoms with van der Waals surface area (Å²) in [5, 5.41) is 19.0. The van der Waals surface area contributed by atoms with E-state index < -0.39 is 0 Å². The van der Waals surface area contributed by atoms with Gasteiger partial charge in [-0.2, -0.15) is 5.26 Å². The molecule has 0 bridgehead atoms. The Hall–Kier alpha value is -1.83. The Kier molecular flexibility index (Phi) is 4.47. The van der Waals surface area contributed by atoms with E-state index in [2.05, 4.69) is 16.3 Å². The van der Waals surface area contributed by atoms with Crippen molar-refractivity contribution in [3.05, 3.63) is 45.5 Å². The number of fused-ring (bicyclic) bond motifs is 1. The predicted molar refractivity (Wildman–Crippen MR) is 87.5 cm³/mol. The topological polar surface area (TPSA) is 54.5 Å². The molecule has 0 unspecified atom stereocenters. The van der Waals surface area contributed by atoms with Gasteiger partial charge in [-0.15, -0.1) is 10.2 Å². The average Bonchev–Trinajstić information content (AvgIpc) is 2.76. The van der Waals surface area contributed by atoms with Crippen molar-refractivity contribution >= 4 is 34.9 Å². The first-order valence-corrected chi connectivity index (χ1v) is 7.94. The molecule has 2 aromatic rings. The standard InChI is InChI=1S/C16H14Cl2N4/c17-13-5-4-6-14(18)12(13)9-11(10-19)16-21-20-15-7-2-1-3-8-22(15)16/h4-6,9H,1-3,7-8H2/b11-9-. The molecule has 0 spiro atoms. The van der Waals surface area contributed by atoms with Crippen molar-refractivity contribution in [1.29, 1.82) is 5.26 Å². The van der Waals surface area contributed by atoms with E-state index in [-0.39, 0.29) is 0 Å². The first-order chi connectivity index (χ1) is 10.7. The number of allylic oxidation sites excluding steroid dienone is 1. The average molecular weight is 333 g/mol. The maximum absolute atomic E-state index is 9.53. The van der Waals surface area contributed by atoms with Gasteiger partial charge in [-0.1, -0.05) is 35.7 Å². The molecule has 112 valence electrons. The van der Waals surface area contributed by atoms with Crippen LogP contribution in [-0.2, 0) is 13.0 Å². The van der Waals surface area contributed by atoms with Crippen molar-refractivity contribution in [2.45, 2.75) is 32.2 Å². The highest BCUT2D eigenvalue weighted by Gasteiger charge is 2.18. The molecule has 4 nitrogen and oxygen atoms in total. The molecule has 0 saturated carbocycles. The predicted octanol–water partition coefficient (Wildman–Crippen LogP) is 4.38. The van der Waals surface area contributed by atoms with Gasteiger partial charge >= 0.3 is 0 Å². The number of aromatic nitrogens is 3. The van der Waals surface area contributed by atoms with Gasteiger partial charge in [-0.05, 0) is 31.1 Å². The molecule has 0 aliphatic carbocycles. The normalized spacial score (nSPS) is 15.0. The number of benzene rings is 1. The first-order valence-electron chi connectivity index (χ1n) is 7.19. The molecular weight excluding hydrogens is 319 g/mol. The molecule has 1 aromatic heterocycles. The summed E-state index contributed by atoms with van der Waals surface area (Å²) in [5.74, 6) is 1.54. The summed E-state index contributed by atoms with van der Waals surface area (Å²) in [7, 11) is 0. The third-order valence-corrected chi connectivity index (χ3v) is 4.42. The molecule has 0 amide bonds. The minimum absolute atomic E-state index is 0.427. The fraction of sp³-hybridized carbons (Fsp3) is 0.312. The molecule has 0 saturated heterocycles. The Morgan fingerprint density at radius 2 is 1.95 bits per heavy atom. The second kappa shape index (κ2) is 6.51. The van der Waals surface area contributed by atoms with Crippen LogP contribution >= 0.6 is 23.2 Å². The SMILES string of the molecule is N#C/C(=C/c1c(Cl)cccc1Cl)c1nnc2n1CCCCC2. The van der Waals surface area contributed by atoms with Gasteiger partial charge in [0, 0.05) is 28.6 Å². The maximum atomic E-state index is 9.53. The largest absolute Gasteiger partial charge is 0.310 e. The van der Waals surface area contributed by atoms with Gasteiger partial charge < -0.3 is 4.57 Å². The summed E-state index contributed by atoms with van der Waals surface area (Å²) < 4.78 is 2.03. The van der Waals surface area contributed by atoms with Crippen LogP contribution in [0.4, 0.5) is 0 Å². The molecule has 22 heavy (non-hydrogen) atoms. The van der Waals surface area contributed by atoms with Gasteiger partial charge in [0.05, 0.1) is 5.57 Å². The van der Waals surface area contributed by atoms with Crippen LogP contribution in [0, 0.1) is 11.3 Å². The molecule has 1 aliphatic heterocycles. The van der Waals surface area contributed by atoms with Gasteiger partial charge in [0.2, 0.25) is 0 Å². The number of halogens is 2. The van der Waals surface area contributed by atoms with Crippen molar-refractivity contribution < 1.29 is 0 Å². The van der Waals surface area contributed by atoms with E-state index in [1.54, 1.807) is 24.3 Å². The van der Waals surface area contributed by atoms with Crippen molar-refractivity contribution in [2.75, 3.05) is 0 Å². The maximum Gasteiger partial charge on any atom is 0.174 e. The highest BCUT2D eigenvalue weighted by molar-refractivity contribution is 6.37. The second-order valence-electron chi connectivity index (χ2n) is 5.21. The molecule has 6 heteroatoms. The molecule has 0 radical (unpaired) electrons. The zero-order chi connectivity index (χ0) is 15.5. The molecule has 1 aromatic carbocycles. The summed E-state index contributed by atoms with van der Waals surface area (Å²) in [6.07, 6.45) is 5.94. The van der Waals surface area contributed by atoms with Crippen molar-refractivity contribution in [1.82, 2.24) is 14.8 Å². The Morgan fingerprint density at radius 1 is 1.18 bits per heavy atom. The minimum atomic E-state index is 0.427. The van der Waals surface area contributed by atoms with Crippen molar-refractivity contribution in [3.63, 3.8) is 0 Å². The van der Waals surface area contributed by atoms with E-state index in [9.17, 15) is 5.26 Å². The molecule has 0 atom stereocenters. The molecular formula is C16H14Cl2N4. The van der Waals surface area contributed by atoms with Crippen LogP contribution in [0.1, 0.15) is 36.5 Å². The minimum Gasteiger partial charge on any atom is -0.310 e. The summed E-state index contributed by atoms with van der Waals surface area (Å²) in [6, 6.07) is 7.47. The van der Waals surface area contributed by atoms with E-state index in [4.69, 9.17) is 23.2 Å². The van der Waals surface area contributed by atoms with Crippen molar-refractivity contribution in [2.24, 2.45) is 0 Å². The van der Waals surface area contributed by atoms with E-state index >= 15 is 0 Å². The lowest BCUT2D eigenvalue weighted by Gasteiger charge is -2.07. The Balaban J connectivity index is 2.08. The molecule has 0 fully saturated rings. The van der Waals surface area contributed by atoms with Gasteiger partial charge in [0.25, 0.3) is 0 Å². The fourth-order valence-electron chi connectivity index (χ4n) is 2.62. The Morgan fingerprint density at radius 3 is 2.68 bits per heavy atom. The number of rotatable bonds is 2. The van der Waals surface area contributed by atoms with Gasteiger partial charge in [0.1, 0.15) is 11.9 Å². The first kappa shape index (κ1) is 15.1. The lowest BCUT2D eigenvalue weighted by molar-refractivity contribution is 0.627. The molecule has 1 aliphatic rings. The van der Waals surface area contributed by atoms with Gasteiger partial charge in [-0.3, -0.25) is 0 Å². The quantitative estimate of drug-likeness (QED) is 0.767. The summed E-state index contributed by atoms with van der Waals surface area (Å²) >= 11 is 12.4. The van der Waals surface area contributed by atoms with E-state index in [0.29, 0.717) is 27.0 Å². The summed E-state index contributed by atoms with van der Waals surface area (Å²) in [5.41, 5.74) is 1.06. The van der Waals surface area contributed by atoms with Crippen molar-refractivity contribution in [3.8, 4) is 6.07 Å². The fourth-order valence-corrected chi connectivity index (χ4v) is 3.13. The summed E-state index contributed by atoms with van der Waals surface area (Å²) in [4.78, 5) is 0. The zero-order valence-corrected chi connectivity index (χ0v) is 13.4. The number of hydrogen-bond acceptors (Lipinski definition) is 3. The zero-order valence-electron chi connectivity index (χ0n) is 11.9. The molecule has 2 heterocycles. The highest BCUT2D eigenvalue weighted by atomic mass is 35.5. The van der Waals surface area contributed by atoms with Crippen LogP contribution in [0.2, 0.25) is 10.0 Å². The van der Waals surface area contributed by atoms with E-state index in [1.807, 2.05) is 4.57 Å². The smallest absolute Gasteiger partial charge is 0.174 e.